The largest absolute Gasteiger partial charge is 0.478 e. The van der Waals surface area contributed by atoms with Crippen LogP contribution in [0.15, 0.2) is 24.4 Å². The molecule has 1 aliphatic rings. The first-order valence-corrected chi connectivity index (χ1v) is 7.28. The third kappa shape index (κ3) is 2.20. The van der Waals surface area contributed by atoms with Gasteiger partial charge in [0.1, 0.15) is 0 Å². The van der Waals surface area contributed by atoms with Crippen molar-refractivity contribution in [2.45, 2.75) is 45.3 Å². The van der Waals surface area contributed by atoms with Gasteiger partial charge in [-0.2, -0.15) is 0 Å². The zero-order valence-electron chi connectivity index (χ0n) is 11.7. The summed E-state index contributed by atoms with van der Waals surface area (Å²) in [6, 6.07) is 6.17. The number of hydrogen-bond acceptors (Lipinski definition) is 2. The average Bonchev–Trinajstić information content (AvgIpc) is 2.75. The van der Waals surface area contributed by atoms with E-state index in [9.17, 15) is 9.90 Å². The van der Waals surface area contributed by atoms with Crippen molar-refractivity contribution in [3.63, 3.8) is 0 Å². The molecule has 0 bridgehead atoms. The van der Waals surface area contributed by atoms with Gasteiger partial charge >= 0.3 is 5.97 Å². The van der Waals surface area contributed by atoms with Gasteiger partial charge in [0.25, 0.3) is 0 Å². The Morgan fingerprint density at radius 1 is 1.45 bits per heavy atom. The van der Waals surface area contributed by atoms with E-state index in [1.54, 1.807) is 6.07 Å². The van der Waals surface area contributed by atoms with Gasteiger partial charge < -0.3 is 15.0 Å². The highest BCUT2D eigenvalue weighted by atomic mass is 16.4. The molecule has 2 aromatic rings. The smallest absolute Gasteiger partial charge is 0.337 e. The molecule has 106 valence electrons. The molecule has 0 amide bonds. The van der Waals surface area contributed by atoms with Crippen LogP contribution in [0.2, 0.25) is 0 Å². The molecule has 0 saturated heterocycles. The number of nitrogens with one attached hydrogen (secondary N) is 1. The monoisotopic (exact) mass is 272 g/mol. The lowest BCUT2D eigenvalue weighted by Crippen LogP contribution is -2.34. The minimum absolute atomic E-state index is 0.388. The average molecular weight is 272 g/mol. The van der Waals surface area contributed by atoms with Crippen molar-refractivity contribution in [2.24, 2.45) is 0 Å². The molecule has 3 rings (SSSR count). The Kier molecular flexibility index (Phi) is 3.49. The van der Waals surface area contributed by atoms with Crippen molar-refractivity contribution in [3.05, 3.63) is 35.5 Å². The van der Waals surface area contributed by atoms with E-state index < -0.39 is 5.97 Å². The molecule has 0 spiro atoms. The van der Waals surface area contributed by atoms with Crippen molar-refractivity contribution in [3.8, 4) is 0 Å². The number of carbonyl (C=O) groups is 1. The lowest BCUT2D eigenvalue weighted by atomic mass is 9.93. The molecule has 0 radical (unpaired) electrons. The minimum Gasteiger partial charge on any atom is -0.478 e. The molecule has 1 aromatic heterocycles. The Hall–Kier alpha value is -1.81. The highest BCUT2D eigenvalue weighted by Crippen LogP contribution is 2.26. The van der Waals surface area contributed by atoms with E-state index >= 15 is 0 Å². The number of aromatic nitrogens is 1. The quantitative estimate of drug-likeness (QED) is 0.879. The van der Waals surface area contributed by atoms with Crippen LogP contribution in [-0.2, 0) is 13.1 Å². The van der Waals surface area contributed by atoms with E-state index in [1.807, 2.05) is 23.6 Å². The van der Waals surface area contributed by atoms with Gasteiger partial charge in [-0.05, 0) is 31.4 Å². The number of aromatic carboxylic acids is 1. The van der Waals surface area contributed by atoms with Crippen molar-refractivity contribution in [2.75, 3.05) is 0 Å². The molecule has 0 unspecified atom stereocenters. The zero-order valence-corrected chi connectivity index (χ0v) is 11.7. The van der Waals surface area contributed by atoms with Crippen molar-refractivity contribution in [1.29, 1.82) is 0 Å². The maximum Gasteiger partial charge on any atom is 0.337 e. The Balaban J connectivity index is 1.99. The molecule has 1 heterocycles. The molecule has 0 aliphatic heterocycles. The summed E-state index contributed by atoms with van der Waals surface area (Å²) in [5.41, 5.74) is 2.42. The molecule has 2 N–H and O–H groups in total. The first-order valence-electron chi connectivity index (χ1n) is 7.28. The number of fused-ring (bicyclic) bond motifs is 1. The number of carboxylic acid groups (broad SMARTS) is 1. The summed E-state index contributed by atoms with van der Waals surface area (Å²) in [7, 11) is 0. The van der Waals surface area contributed by atoms with E-state index in [2.05, 4.69) is 11.5 Å². The number of rotatable bonds is 5. The molecule has 1 aromatic carbocycles. The molecule has 1 aliphatic carbocycles. The van der Waals surface area contributed by atoms with Crippen LogP contribution < -0.4 is 5.32 Å². The number of aryl methyl sites for hydroxylation is 1. The SMILES string of the molecule is CCn1cc(CNC2CCC2)c2cccc(C(=O)O)c21. The highest BCUT2D eigenvalue weighted by Gasteiger charge is 2.19. The molecular weight excluding hydrogens is 252 g/mol. The van der Waals surface area contributed by atoms with Gasteiger partial charge in [0.15, 0.2) is 0 Å². The third-order valence-electron chi connectivity index (χ3n) is 4.24. The Morgan fingerprint density at radius 2 is 2.25 bits per heavy atom. The predicted molar refractivity (Wildman–Crippen MR) is 79.1 cm³/mol. The normalized spacial score (nSPS) is 15.4. The second-order valence-electron chi connectivity index (χ2n) is 5.46. The van der Waals surface area contributed by atoms with E-state index in [-0.39, 0.29) is 0 Å². The van der Waals surface area contributed by atoms with E-state index in [4.69, 9.17) is 0 Å². The van der Waals surface area contributed by atoms with Gasteiger partial charge in [0.05, 0.1) is 11.1 Å². The molecule has 1 saturated carbocycles. The van der Waals surface area contributed by atoms with E-state index in [0.717, 1.165) is 24.0 Å². The van der Waals surface area contributed by atoms with Crippen LogP contribution in [0.1, 0.15) is 42.1 Å². The standard InChI is InChI=1S/C16H20N2O2/c1-2-18-10-11(9-17-12-5-3-6-12)13-7-4-8-14(15(13)18)16(19)20/h4,7-8,10,12,17H,2-3,5-6,9H2,1H3,(H,19,20). The molecule has 20 heavy (non-hydrogen) atoms. The minimum atomic E-state index is -0.859. The van der Waals surface area contributed by atoms with Gasteiger partial charge in [-0.3, -0.25) is 0 Å². The fourth-order valence-electron chi connectivity index (χ4n) is 2.86. The van der Waals surface area contributed by atoms with Crippen molar-refractivity contribution >= 4 is 16.9 Å². The van der Waals surface area contributed by atoms with Gasteiger partial charge in [0, 0.05) is 30.7 Å². The van der Waals surface area contributed by atoms with Crippen LogP contribution in [0.25, 0.3) is 10.9 Å². The van der Waals surface area contributed by atoms with Crippen LogP contribution in [0.5, 0.6) is 0 Å². The van der Waals surface area contributed by atoms with Crippen LogP contribution >= 0.6 is 0 Å². The van der Waals surface area contributed by atoms with E-state index in [0.29, 0.717) is 11.6 Å². The van der Waals surface area contributed by atoms with Crippen molar-refractivity contribution < 1.29 is 9.90 Å². The topological polar surface area (TPSA) is 54.3 Å². The summed E-state index contributed by atoms with van der Waals surface area (Å²) in [4.78, 5) is 11.4. The predicted octanol–water partition coefficient (Wildman–Crippen LogP) is 3.00. The van der Waals surface area contributed by atoms with Gasteiger partial charge in [-0.15, -0.1) is 0 Å². The lowest BCUT2D eigenvalue weighted by molar-refractivity contribution is 0.0698. The summed E-state index contributed by atoms with van der Waals surface area (Å²) < 4.78 is 2.04. The Bertz CT molecular complexity index is 641. The summed E-state index contributed by atoms with van der Waals surface area (Å²) in [5.74, 6) is -0.859. The van der Waals surface area contributed by atoms with Gasteiger partial charge in [-0.25, -0.2) is 4.79 Å². The Morgan fingerprint density at radius 3 is 2.85 bits per heavy atom. The van der Waals surface area contributed by atoms with Crippen LogP contribution in [0, 0.1) is 0 Å². The lowest BCUT2D eigenvalue weighted by Gasteiger charge is -2.26. The number of carboxylic acids is 1. The maximum atomic E-state index is 11.4. The van der Waals surface area contributed by atoms with Gasteiger partial charge in [-0.1, -0.05) is 18.6 Å². The number of hydrogen-bond donors (Lipinski definition) is 2. The number of nitrogens with zero attached hydrogens (tertiary/aromatic N) is 1. The number of para-hydroxylation sites is 1. The first-order chi connectivity index (χ1) is 9.70. The molecule has 0 atom stereocenters. The number of benzene rings is 1. The second kappa shape index (κ2) is 5.29. The highest BCUT2D eigenvalue weighted by molar-refractivity contribution is 6.03. The third-order valence-corrected chi connectivity index (χ3v) is 4.24. The van der Waals surface area contributed by atoms with Crippen LogP contribution in [-0.4, -0.2) is 21.7 Å². The molecule has 4 heteroatoms. The summed E-state index contributed by atoms with van der Waals surface area (Å²) >= 11 is 0. The zero-order chi connectivity index (χ0) is 14.1. The molecular formula is C16H20N2O2. The second-order valence-corrected chi connectivity index (χ2v) is 5.46. The van der Waals surface area contributed by atoms with Crippen LogP contribution in [0.3, 0.4) is 0 Å². The van der Waals surface area contributed by atoms with Gasteiger partial charge in [0.2, 0.25) is 0 Å². The fraction of sp³-hybridized carbons (Fsp3) is 0.438. The summed E-state index contributed by atoms with van der Waals surface area (Å²) in [6.07, 6.45) is 5.92. The van der Waals surface area contributed by atoms with Crippen LogP contribution in [0.4, 0.5) is 0 Å². The summed E-state index contributed by atoms with van der Waals surface area (Å²) in [6.45, 7) is 3.64. The summed E-state index contributed by atoms with van der Waals surface area (Å²) in [5, 5.41) is 14.0. The van der Waals surface area contributed by atoms with Crippen molar-refractivity contribution in [1.82, 2.24) is 9.88 Å². The molecule has 4 nitrogen and oxygen atoms in total. The van der Waals surface area contributed by atoms with E-state index in [1.165, 1.54) is 24.8 Å². The first kappa shape index (κ1) is 13.2. The Labute approximate surface area is 118 Å². The fourth-order valence-corrected chi connectivity index (χ4v) is 2.86. The molecule has 1 fully saturated rings. The maximum absolute atomic E-state index is 11.4.